The molecule has 0 atom stereocenters. The molecule has 0 heterocycles. The van der Waals surface area contributed by atoms with Gasteiger partial charge in [0.1, 0.15) is 0 Å². The second kappa shape index (κ2) is 5.21. The summed E-state index contributed by atoms with van der Waals surface area (Å²) >= 11 is 0. The number of hydrogen-bond acceptors (Lipinski definition) is 3. The van der Waals surface area contributed by atoms with E-state index in [2.05, 4.69) is 0 Å². The minimum Gasteiger partial charge on any atom is -0.493 e. The highest BCUT2D eigenvalue weighted by Gasteiger charge is 2.20. The molecule has 0 saturated heterocycles. The third-order valence-corrected chi connectivity index (χ3v) is 2.94. The summed E-state index contributed by atoms with van der Waals surface area (Å²) in [6.45, 7) is 1.30. The van der Waals surface area contributed by atoms with Crippen LogP contribution in [0.4, 0.5) is 0 Å². The van der Waals surface area contributed by atoms with E-state index in [-0.39, 0.29) is 0 Å². The molecule has 0 bridgehead atoms. The molecule has 1 aromatic carbocycles. The summed E-state index contributed by atoms with van der Waals surface area (Å²) in [7, 11) is 1.66. The quantitative estimate of drug-likeness (QED) is 0.801. The number of methoxy groups -OCH3 is 1. The Bertz CT molecular complexity index is 348. The Labute approximate surface area is 96.5 Å². The molecule has 2 N–H and O–H groups in total. The molecule has 3 nitrogen and oxygen atoms in total. The Morgan fingerprint density at radius 2 is 2.12 bits per heavy atom. The molecular formula is C13H19NO2. The third-order valence-electron chi connectivity index (χ3n) is 2.94. The van der Waals surface area contributed by atoms with E-state index >= 15 is 0 Å². The number of rotatable bonds is 6. The van der Waals surface area contributed by atoms with Crippen LogP contribution in [0.15, 0.2) is 18.2 Å². The van der Waals surface area contributed by atoms with Crippen molar-refractivity contribution >= 4 is 0 Å². The van der Waals surface area contributed by atoms with Crippen molar-refractivity contribution < 1.29 is 9.47 Å². The van der Waals surface area contributed by atoms with Gasteiger partial charge in [0.2, 0.25) is 0 Å². The lowest BCUT2D eigenvalue weighted by Gasteiger charge is -2.11. The largest absolute Gasteiger partial charge is 0.493 e. The van der Waals surface area contributed by atoms with Gasteiger partial charge in [0.05, 0.1) is 13.7 Å². The third kappa shape index (κ3) is 2.89. The molecule has 1 aromatic rings. The highest BCUT2D eigenvalue weighted by atomic mass is 16.5. The monoisotopic (exact) mass is 221 g/mol. The molecule has 1 saturated carbocycles. The molecule has 0 aromatic heterocycles. The fourth-order valence-electron chi connectivity index (χ4n) is 1.70. The van der Waals surface area contributed by atoms with Gasteiger partial charge >= 0.3 is 0 Å². The van der Waals surface area contributed by atoms with Crippen molar-refractivity contribution in [2.24, 2.45) is 11.7 Å². The van der Waals surface area contributed by atoms with Gasteiger partial charge in [0.25, 0.3) is 0 Å². The maximum Gasteiger partial charge on any atom is 0.161 e. The first-order valence-corrected chi connectivity index (χ1v) is 5.83. The van der Waals surface area contributed by atoms with Gasteiger partial charge in [-0.3, -0.25) is 0 Å². The van der Waals surface area contributed by atoms with E-state index in [1.54, 1.807) is 7.11 Å². The smallest absolute Gasteiger partial charge is 0.161 e. The maximum atomic E-state index is 5.74. The lowest BCUT2D eigenvalue weighted by molar-refractivity contribution is 0.282. The minimum atomic E-state index is 0.531. The summed E-state index contributed by atoms with van der Waals surface area (Å²) in [6.07, 6.45) is 3.88. The lowest BCUT2D eigenvalue weighted by atomic mass is 10.2. The van der Waals surface area contributed by atoms with E-state index in [0.29, 0.717) is 6.54 Å². The normalized spacial score (nSPS) is 14.9. The Kier molecular flexibility index (Phi) is 3.67. The second-order valence-corrected chi connectivity index (χ2v) is 4.27. The fraction of sp³-hybridized carbons (Fsp3) is 0.538. The van der Waals surface area contributed by atoms with E-state index in [1.807, 2.05) is 18.2 Å². The van der Waals surface area contributed by atoms with Crippen molar-refractivity contribution in [3.05, 3.63) is 23.8 Å². The van der Waals surface area contributed by atoms with Crippen LogP contribution >= 0.6 is 0 Å². The Morgan fingerprint density at radius 3 is 2.75 bits per heavy atom. The van der Waals surface area contributed by atoms with Gasteiger partial charge in [-0.2, -0.15) is 0 Å². The summed E-state index contributed by atoms with van der Waals surface area (Å²) in [5.74, 6) is 2.49. The summed E-state index contributed by atoms with van der Waals surface area (Å²) in [6, 6.07) is 5.84. The molecule has 0 spiro atoms. The lowest BCUT2D eigenvalue weighted by Crippen LogP contribution is -2.02. The van der Waals surface area contributed by atoms with Crippen LogP contribution < -0.4 is 15.2 Å². The molecule has 0 aliphatic heterocycles. The van der Waals surface area contributed by atoms with Gasteiger partial charge in [0.15, 0.2) is 11.5 Å². The van der Waals surface area contributed by atoms with Crippen LogP contribution in [0.2, 0.25) is 0 Å². The Balaban J connectivity index is 1.97. The zero-order valence-corrected chi connectivity index (χ0v) is 9.74. The van der Waals surface area contributed by atoms with Crippen molar-refractivity contribution in [1.82, 2.24) is 0 Å². The van der Waals surface area contributed by atoms with Crippen LogP contribution in [-0.4, -0.2) is 13.7 Å². The van der Waals surface area contributed by atoms with Crippen molar-refractivity contribution in [2.75, 3.05) is 13.7 Å². The van der Waals surface area contributed by atoms with Gasteiger partial charge < -0.3 is 15.2 Å². The van der Waals surface area contributed by atoms with Crippen molar-refractivity contribution in [2.45, 2.75) is 25.8 Å². The first kappa shape index (κ1) is 11.3. The molecule has 2 rings (SSSR count). The predicted octanol–water partition coefficient (Wildman–Crippen LogP) is 2.33. The average Bonchev–Trinajstić information content (AvgIpc) is 3.13. The van der Waals surface area contributed by atoms with Crippen LogP contribution in [0.1, 0.15) is 24.8 Å². The van der Waals surface area contributed by atoms with Crippen molar-refractivity contribution in [3.63, 3.8) is 0 Å². The van der Waals surface area contributed by atoms with Crippen LogP contribution in [0, 0.1) is 5.92 Å². The minimum absolute atomic E-state index is 0.531. The Hall–Kier alpha value is -1.22. The van der Waals surface area contributed by atoms with Gasteiger partial charge in [0, 0.05) is 6.54 Å². The molecule has 1 fully saturated rings. The van der Waals surface area contributed by atoms with Gasteiger partial charge in [-0.1, -0.05) is 18.9 Å². The first-order valence-electron chi connectivity index (χ1n) is 5.83. The molecule has 0 unspecified atom stereocenters. The number of nitrogens with two attached hydrogens (primary N) is 1. The molecule has 0 amide bonds. The number of ether oxygens (including phenoxy) is 2. The standard InChI is InChI=1S/C13H19NO2/c1-15-12-5-4-11(9-14)8-13(12)16-7-6-10-2-3-10/h4-5,8,10H,2-3,6-7,9,14H2,1H3. The highest BCUT2D eigenvalue weighted by molar-refractivity contribution is 5.42. The van der Waals surface area contributed by atoms with Crippen molar-refractivity contribution in [1.29, 1.82) is 0 Å². The van der Waals surface area contributed by atoms with Gasteiger partial charge in [-0.05, 0) is 30.0 Å². The number of hydrogen-bond donors (Lipinski definition) is 1. The summed E-state index contributed by atoms with van der Waals surface area (Å²) in [5.41, 5.74) is 6.67. The van der Waals surface area contributed by atoms with Crippen LogP contribution in [-0.2, 0) is 6.54 Å². The number of benzene rings is 1. The average molecular weight is 221 g/mol. The van der Waals surface area contributed by atoms with E-state index in [0.717, 1.165) is 36.0 Å². The van der Waals surface area contributed by atoms with Crippen molar-refractivity contribution in [3.8, 4) is 11.5 Å². The van der Waals surface area contributed by atoms with Crippen LogP contribution in [0.5, 0.6) is 11.5 Å². The van der Waals surface area contributed by atoms with Gasteiger partial charge in [-0.25, -0.2) is 0 Å². The molecule has 1 aliphatic rings. The van der Waals surface area contributed by atoms with E-state index in [9.17, 15) is 0 Å². The zero-order chi connectivity index (χ0) is 11.4. The van der Waals surface area contributed by atoms with Gasteiger partial charge in [-0.15, -0.1) is 0 Å². The molecule has 16 heavy (non-hydrogen) atoms. The molecule has 88 valence electrons. The topological polar surface area (TPSA) is 44.5 Å². The molecule has 3 heteroatoms. The zero-order valence-electron chi connectivity index (χ0n) is 9.74. The maximum absolute atomic E-state index is 5.74. The van der Waals surface area contributed by atoms with Crippen LogP contribution in [0.3, 0.4) is 0 Å². The predicted molar refractivity (Wildman–Crippen MR) is 63.7 cm³/mol. The van der Waals surface area contributed by atoms with E-state index < -0.39 is 0 Å². The molecule has 0 radical (unpaired) electrons. The molecule has 1 aliphatic carbocycles. The molecular weight excluding hydrogens is 202 g/mol. The summed E-state index contributed by atoms with van der Waals surface area (Å²) in [4.78, 5) is 0. The highest BCUT2D eigenvalue weighted by Crippen LogP contribution is 2.33. The fourth-order valence-corrected chi connectivity index (χ4v) is 1.70. The van der Waals surface area contributed by atoms with E-state index in [4.69, 9.17) is 15.2 Å². The summed E-state index contributed by atoms with van der Waals surface area (Å²) < 4.78 is 11.0. The van der Waals surface area contributed by atoms with E-state index in [1.165, 1.54) is 12.8 Å². The van der Waals surface area contributed by atoms with Crippen LogP contribution in [0.25, 0.3) is 0 Å². The first-order chi connectivity index (χ1) is 7.83. The second-order valence-electron chi connectivity index (χ2n) is 4.27. The SMILES string of the molecule is COc1ccc(CN)cc1OCCC1CC1. The Morgan fingerprint density at radius 1 is 1.31 bits per heavy atom. The summed E-state index contributed by atoms with van der Waals surface area (Å²) in [5, 5.41) is 0.